The van der Waals surface area contributed by atoms with E-state index in [1.807, 2.05) is 6.07 Å². The third-order valence-electron chi connectivity index (χ3n) is 12.5. The molecule has 286 valence electrons. The molecule has 1 aromatic heterocycles. The van der Waals surface area contributed by atoms with Crippen LogP contribution in [0.15, 0.2) is 144 Å². The maximum atomic E-state index is 6.43. The molecule has 2 aliphatic rings. The van der Waals surface area contributed by atoms with Crippen LogP contribution in [0.5, 0.6) is 0 Å². The molecule has 0 saturated carbocycles. The molecule has 0 aliphatic carbocycles. The Morgan fingerprint density at radius 2 is 1.03 bits per heavy atom. The Morgan fingerprint density at radius 1 is 0.448 bits per heavy atom. The van der Waals surface area contributed by atoms with Crippen molar-refractivity contribution in [3.05, 3.63) is 162 Å². The number of benzene rings is 7. The number of fused-ring (bicyclic) bond motifs is 7. The molecule has 10 rings (SSSR count). The molecule has 0 amide bonds. The molecule has 0 fully saturated rings. The third-order valence-corrected chi connectivity index (χ3v) is 12.5. The van der Waals surface area contributed by atoms with Gasteiger partial charge in [0.25, 0.3) is 6.71 Å². The Balaban J connectivity index is 1.20. The monoisotopic (exact) mass is 754 g/mol. The molecule has 2 aliphatic heterocycles. The van der Waals surface area contributed by atoms with E-state index in [0.717, 1.165) is 73.3 Å². The summed E-state index contributed by atoms with van der Waals surface area (Å²) in [5.41, 5.74) is 21.5. The van der Waals surface area contributed by atoms with Crippen molar-refractivity contribution in [2.45, 2.75) is 79.1 Å². The fourth-order valence-electron chi connectivity index (χ4n) is 9.94. The topological polar surface area (TPSA) is 19.6 Å². The molecule has 8 aromatic rings. The van der Waals surface area contributed by atoms with Gasteiger partial charge in [0, 0.05) is 44.9 Å². The molecule has 0 bridgehead atoms. The van der Waals surface area contributed by atoms with Crippen LogP contribution < -0.4 is 26.2 Å². The molecular formula is C54H51BN2O. The van der Waals surface area contributed by atoms with Crippen LogP contribution in [0.2, 0.25) is 0 Å². The van der Waals surface area contributed by atoms with Gasteiger partial charge in [-0.2, -0.15) is 0 Å². The van der Waals surface area contributed by atoms with Gasteiger partial charge in [0.1, 0.15) is 11.2 Å². The summed E-state index contributed by atoms with van der Waals surface area (Å²) in [6.45, 7) is 9.23. The van der Waals surface area contributed by atoms with E-state index in [4.69, 9.17) is 4.42 Å². The Kier molecular flexibility index (Phi) is 9.44. The van der Waals surface area contributed by atoms with E-state index in [0.29, 0.717) is 0 Å². The Hall–Kier alpha value is -6.00. The van der Waals surface area contributed by atoms with Crippen LogP contribution in [0.1, 0.15) is 75.6 Å². The van der Waals surface area contributed by atoms with Crippen molar-refractivity contribution in [2.24, 2.45) is 0 Å². The molecule has 58 heavy (non-hydrogen) atoms. The lowest BCUT2D eigenvalue weighted by molar-refractivity contribution is 0.669. The van der Waals surface area contributed by atoms with Gasteiger partial charge < -0.3 is 14.2 Å². The Bertz CT molecular complexity index is 2820. The van der Waals surface area contributed by atoms with Crippen LogP contribution in [0.4, 0.5) is 34.1 Å². The highest BCUT2D eigenvalue weighted by Crippen LogP contribution is 2.45. The summed E-state index contributed by atoms with van der Waals surface area (Å²) >= 11 is 0. The van der Waals surface area contributed by atoms with E-state index >= 15 is 0 Å². The number of furan rings is 1. The second kappa shape index (κ2) is 15.1. The molecule has 0 unspecified atom stereocenters. The SMILES string of the molecule is CCCc1ccc(N2c3ccc(CCC)cc3B3c4cc(CCC)ccc4N(c4ccc(CCC)c(-c5ccc6c(c5)oc5ccccc56)c4)c4cccc2c43)cc1. The van der Waals surface area contributed by atoms with Gasteiger partial charge in [0.05, 0.1) is 0 Å². The third kappa shape index (κ3) is 6.04. The van der Waals surface area contributed by atoms with E-state index in [1.165, 1.54) is 83.9 Å². The molecule has 0 radical (unpaired) electrons. The summed E-state index contributed by atoms with van der Waals surface area (Å²) in [5, 5.41) is 2.32. The molecule has 3 nitrogen and oxygen atoms in total. The highest BCUT2D eigenvalue weighted by atomic mass is 16.3. The molecule has 0 atom stereocenters. The van der Waals surface area contributed by atoms with E-state index in [2.05, 4.69) is 171 Å². The van der Waals surface area contributed by atoms with Crippen molar-refractivity contribution >= 4 is 79.2 Å². The van der Waals surface area contributed by atoms with Gasteiger partial charge in [-0.25, -0.2) is 0 Å². The van der Waals surface area contributed by atoms with Gasteiger partial charge in [-0.3, -0.25) is 0 Å². The van der Waals surface area contributed by atoms with E-state index in [-0.39, 0.29) is 6.71 Å². The first-order chi connectivity index (χ1) is 28.6. The summed E-state index contributed by atoms with van der Waals surface area (Å²) in [6, 6.07) is 53.2. The van der Waals surface area contributed by atoms with Crippen LogP contribution >= 0.6 is 0 Å². The zero-order chi connectivity index (χ0) is 39.3. The van der Waals surface area contributed by atoms with Crippen molar-refractivity contribution in [1.29, 1.82) is 0 Å². The minimum atomic E-state index is 0.117. The standard InChI is InChI=1S/C54H51BN2O/c1-5-12-36-20-26-41(27-21-36)56-48-30-22-37(13-6-2)32-46(48)55-47-33-38(14-7-3)23-31-49(47)57(51-18-11-17-50(56)54(51)55)42-28-24-39(15-8-4)45(35-42)40-25-29-44-43-16-9-10-19-52(43)58-53(44)34-40/h9-11,16-35H,5-8,12-15H2,1-4H3. The summed E-state index contributed by atoms with van der Waals surface area (Å²) in [6.07, 6.45) is 8.70. The van der Waals surface area contributed by atoms with E-state index < -0.39 is 0 Å². The van der Waals surface area contributed by atoms with Crippen molar-refractivity contribution in [3.8, 4) is 11.1 Å². The average molecular weight is 755 g/mol. The summed E-state index contributed by atoms with van der Waals surface area (Å²) < 4.78 is 6.43. The van der Waals surface area contributed by atoms with Crippen LogP contribution in [0.3, 0.4) is 0 Å². The van der Waals surface area contributed by atoms with Crippen molar-refractivity contribution in [1.82, 2.24) is 0 Å². The smallest absolute Gasteiger partial charge is 0.252 e. The second-order valence-electron chi connectivity index (χ2n) is 16.4. The molecule has 0 spiro atoms. The molecule has 3 heterocycles. The Labute approximate surface area is 344 Å². The van der Waals surface area contributed by atoms with Gasteiger partial charge >= 0.3 is 0 Å². The zero-order valence-corrected chi connectivity index (χ0v) is 34.3. The number of anilines is 6. The van der Waals surface area contributed by atoms with Gasteiger partial charge in [-0.1, -0.05) is 126 Å². The van der Waals surface area contributed by atoms with Crippen molar-refractivity contribution < 1.29 is 4.42 Å². The van der Waals surface area contributed by atoms with Gasteiger partial charge in [0.15, 0.2) is 0 Å². The maximum Gasteiger partial charge on any atom is 0.252 e. The summed E-state index contributed by atoms with van der Waals surface area (Å²) in [4.78, 5) is 5.09. The first-order valence-corrected chi connectivity index (χ1v) is 21.7. The lowest BCUT2D eigenvalue weighted by Crippen LogP contribution is -2.61. The van der Waals surface area contributed by atoms with Crippen molar-refractivity contribution in [2.75, 3.05) is 9.80 Å². The van der Waals surface area contributed by atoms with Gasteiger partial charge in [0.2, 0.25) is 0 Å². The summed E-state index contributed by atoms with van der Waals surface area (Å²) in [5.74, 6) is 0. The number of hydrogen-bond acceptors (Lipinski definition) is 3. The average Bonchev–Trinajstić information content (AvgIpc) is 3.63. The van der Waals surface area contributed by atoms with Crippen LogP contribution in [-0.2, 0) is 25.7 Å². The molecule has 7 aromatic carbocycles. The van der Waals surface area contributed by atoms with Crippen LogP contribution in [0.25, 0.3) is 33.1 Å². The fourth-order valence-corrected chi connectivity index (χ4v) is 9.94. The molecule has 0 saturated heterocycles. The lowest BCUT2D eigenvalue weighted by Gasteiger charge is -2.44. The molecule has 4 heteroatoms. The fraction of sp³-hybridized carbons (Fsp3) is 0.222. The second-order valence-corrected chi connectivity index (χ2v) is 16.4. The first kappa shape index (κ1) is 36.4. The normalized spacial score (nSPS) is 12.9. The van der Waals surface area contributed by atoms with E-state index in [9.17, 15) is 0 Å². The highest BCUT2D eigenvalue weighted by Gasteiger charge is 2.43. The minimum absolute atomic E-state index is 0.117. The summed E-state index contributed by atoms with van der Waals surface area (Å²) in [7, 11) is 0. The predicted molar refractivity (Wildman–Crippen MR) is 249 cm³/mol. The zero-order valence-electron chi connectivity index (χ0n) is 34.3. The van der Waals surface area contributed by atoms with Crippen LogP contribution in [-0.4, -0.2) is 6.71 Å². The lowest BCUT2D eigenvalue weighted by atomic mass is 9.33. The number of aryl methyl sites for hydroxylation is 4. The van der Waals surface area contributed by atoms with Gasteiger partial charge in [-0.15, -0.1) is 0 Å². The van der Waals surface area contributed by atoms with Crippen LogP contribution in [0, 0.1) is 0 Å². The molecule has 0 N–H and O–H groups in total. The number of para-hydroxylation sites is 1. The predicted octanol–water partition coefficient (Wildman–Crippen LogP) is 13.1. The highest BCUT2D eigenvalue weighted by molar-refractivity contribution is 7.00. The number of rotatable bonds is 11. The minimum Gasteiger partial charge on any atom is -0.456 e. The quantitative estimate of drug-likeness (QED) is 0.123. The first-order valence-electron chi connectivity index (χ1n) is 21.7. The number of nitrogens with zero attached hydrogens (tertiary/aromatic N) is 2. The van der Waals surface area contributed by atoms with Gasteiger partial charge in [-0.05, 0) is 142 Å². The Morgan fingerprint density at radius 3 is 1.71 bits per heavy atom. The van der Waals surface area contributed by atoms with Crippen molar-refractivity contribution in [3.63, 3.8) is 0 Å². The molecular weight excluding hydrogens is 703 g/mol. The maximum absolute atomic E-state index is 6.43. The van der Waals surface area contributed by atoms with E-state index in [1.54, 1.807) is 0 Å². The largest absolute Gasteiger partial charge is 0.456 e. The number of hydrogen-bond donors (Lipinski definition) is 0.